The third-order valence-corrected chi connectivity index (χ3v) is 31.1. The number of nitrogens with one attached hydrogen (secondary N) is 1. The molecule has 13 aromatic heterocycles. The molecule has 0 spiro atoms. The highest BCUT2D eigenvalue weighted by Gasteiger charge is 2.32. The molecular weight excluding hydrogens is 1880 g/mol. The van der Waals surface area contributed by atoms with E-state index in [1.54, 1.807) is 115 Å². The molecule has 6 aliphatic heterocycles. The van der Waals surface area contributed by atoms with Crippen molar-refractivity contribution in [3.05, 3.63) is 296 Å². The maximum absolute atomic E-state index is 12.9. The Kier molecular flexibility index (Phi) is 29.1. The summed E-state index contributed by atoms with van der Waals surface area (Å²) in [5, 5.41) is 6.53. The fourth-order valence-electron chi connectivity index (χ4n) is 20.3. The number of rotatable bonds is 14. The molecule has 0 amide bonds. The first-order chi connectivity index (χ1) is 70.4. The van der Waals surface area contributed by atoms with Crippen molar-refractivity contribution in [3.8, 4) is 79.3 Å². The third kappa shape index (κ3) is 21.6. The van der Waals surface area contributed by atoms with Crippen molar-refractivity contribution in [1.82, 2.24) is 86.8 Å². The van der Waals surface area contributed by atoms with Crippen molar-refractivity contribution in [2.45, 2.75) is 91.5 Å². The van der Waals surface area contributed by atoms with Crippen LogP contribution in [0.3, 0.4) is 0 Å². The Labute approximate surface area is 851 Å². The van der Waals surface area contributed by atoms with E-state index in [2.05, 4.69) is 130 Å². The van der Waals surface area contributed by atoms with Gasteiger partial charge in [-0.1, -0.05) is 30.3 Å². The molecule has 5 fully saturated rings. The highest BCUT2D eigenvalue weighted by Crippen LogP contribution is 2.39. The Balaban J connectivity index is 0.000000110. The molecule has 18 aromatic rings. The van der Waals surface area contributed by atoms with E-state index in [-0.39, 0.29) is 27.8 Å². The fraction of sp³-hybridized carbons (Fsp3) is 0.330. The normalized spacial score (nSPS) is 16.2. The number of methoxy groups -OCH3 is 4. The number of hydrogen-bond acceptors (Lipinski definition) is 28. The average Bonchev–Trinajstić information content (AvgIpc) is 1.30. The molecule has 0 aliphatic carbocycles. The smallest absolute Gasteiger partial charge is 0.258 e. The van der Waals surface area contributed by atoms with Crippen LogP contribution in [0, 0.1) is 34.6 Å². The number of thiazole rings is 3. The number of ether oxygens (including phenoxy) is 4. The molecule has 5 saturated heterocycles. The zero-order valence-electron chi connectivity index (χ0n) is 83.9. The van der Waals surface area contributed by atoms with E-state index in [4.69, 9.17) is 43.9 Å². The Bertz CT molecular complexity index is 8300. The predicted octanol–water partition coefficient (Wildman–Crippen LogP) is 17.0. The highest BCUT2D eigenvalue weighted by molar-refractivity contribution is 7.19. The van der Waals surface area contributed by atoms with Gasteiger partial charge in [-0.2, -0.15) is 0 Å². The average molecular weight is 2000 g/mol. The van der Waals surface area contributed by atoms with Crippen molar-refractivity contribution in [1.29, 1.82) is 0 Å². The predicted molar refractivity (Wildman–Crippen MR) is 584 cm³/mol. The number of likely N-dealkylation sites (N-methyl/N-ethyl adjacent to an activating group) is 2. The van der Waals surface area contributed by atoms with Gasteiger partial charge in [-0.05, 0) is 282 Å². The molecule has 0 radical (unpaired) electrons. The van der Waals surface area contributed by atoms with Crippen LogP contribution in [-0.4, -0.2) is 242 Å². The minimum Gasteiger partial charge on any atom is -0.493 e. The lowest BCUT2D eigenvalue weighted by atomic mass is 9.90. The number of aromatic nitrogens is 13. The lowest BCUT2D eigenvalue weighted by molar-refractivity contribution is 0.231. The number of likely N-dealkylation sites (tertiary alicyclic amines) is 1. The Morgan fingerprint density at radius 2 is 0.772 bits per heavy atom. The molecule has 5 aromatic carbocycles. The van der Waals surface area contributed by atoms with E-state index in [1.165, 1.54) is 30.5 Å². The van der Waals surface area contributed by atoms with Crippen LogP contribution in [0.15, 0.2) is 231 Å². The zero-order chi connectivity index (χ0) is 100. The highest BCUT2D eigenvalue weighted by atomic mass is 32.1. The Hall–Kier alpha value is -14.3. The Morgan fingerprint density at radius 3 is 1.26 bits per heavy atom. The van der Waals surface area contributed by atoms with Gasteiger partial charge < -0.3 is 53.7 Å². The summed E-state index contributed by atoms with van der Waals surface area (Å²) < 4.78 is 33.0. The van der Waals surface area contributed by atoms with Crippen LogP contribution in [-0.2, 0) is 0 Å². The Morgan fingerprint density at radius 1 is 0.338 bits per heavy atom. The van der Waals surface area contributed by atoms with E-state index in [9.17, 15) is 24.0 Å². The van der Waals surface area contributed by atoms with Crippen molar-refractivity contribution < 1.29 is 18.9 Å². The van der Waals surface area contributed by atoms with Crippen molar-refractivity contribution in [3.63, 3.8) is 0 Å². The molecule has 30 nitrogen and oxygen atoms in total. The lowest BCUT2D eigenvalue weighted by Crippen LogP contribution is -2.50. The quantitative estimate of drug-likeness (QED) is 0.106. The molecular formula is C112H119N21O9S3. The van der Waals surface area contributed by atoms with Crippen molar-refractivity contribution in [2.75, 3.05) is 169 Å². The van der Waals surface area contributed by atoms with E-state index >= 15 is 0 Å². The first kappa shape index (κ1) is 98.1. The minimum atomic E-state index is -0.0988. The molecule has 145 heavy (non-hydrogen) atoms. The summed E-state index contributed by atoms with van der Waals surface area (Å²) in [5.74, 6) is 3.00. The molecule has 1 atom stereocenters. The standard InChI is InChI=1S/C23H23N5OS.C23H27N3O3.C23H25N3O3.C22H23N5OS.C21H21N5OS/c1-15-24-19-6-4-16(11-21(19)30-15)20-12-23(29)28-14-18(5-7-22(28)25-20)27-10-9-26-8-2-3-17(26)13-27;2*1-15-11-18(16-7-9-25(2)10-8-16)14-26-22(27)13-19(24-23(15)26)17-5-6-20(28-3)21(12-17)29-4;1-15-23-18-6-4-16(12-20(18)29-15)19-13-22(28)27-14-17(5-7-21(27)24-19)26-9-3-8-25(2)10-11-26;1-14-23-17-5-3-15(11-19(17)28-14)18-12-21(27)26-13-16(4-6-20(26)24-18)25-9-2-7-22-8-10-25/h4-7,11-12,14,17H,2-3,8-10,13H2,1H3;5-6,11-14,16H,7-10H2,1-4H3;5-7,11-14H,8-10H2,1-4H3;4-7,12-14H,3,8-11H2,1-2H3;3-6,11-13,22H,2,7-10H2,1H3/t17-;;;;/m0..../s1. The monoisotopic (exact) mass is 2000 g/mol. The zero-order valence-corrected chi connectivity index (χ0v) is 86.3. The van der Waals surface area contributed by atoms with E-state index in [0.29, 0.717) is 91.7 Å². The van der Waals surface area contributed by atoms with Gasteiger partial charge in [-0.25, -0.2) is 39.9 Å². The third-order valence-electron chi connectivity index (χ3n) is 28.3. The molecule has 24 rings (SSSR count). The number of pyridine rings is 5. The van der Waals surface area contributed by atoms with Crippen LogP contribution in [0.25, 0.3) is 121 Å². The van der Waals surface area contributed by atoms with Gasteiger partial charge in [0.25, 0.3) is 27.8 Å². The maximum Gasteiger partial charge on any atom is 0.258 e. The minimum absolute atomic E-state index is 0.0445. The molecule has 33 heteroatoms. The second kappa shape index (κ2) is 42.9. The largest absolute Gasteiger partial charge is 0.493 e. The van der Waals surface area contributed by atoms with E-state index in [1.807, 2.05) is 157 Å². The number of piperidine rings is 1. The first-order valence-corrected chi connectivity index (χ1v) is 52.0. The molecule has 744 valence electrons. The van der Waals surface area contributed by atoms with Crippen LogP contribution in [0.4, 0.5) is 17.1 Å². The van der Waals surface area contributed by atoms with Crippen LogP contribution in [0.1, 0.15) is 88.1 Å². The van der Waals surface area contributed by atoms with Crippen LogP contribution >= 0.6 is 34.0 Å². The number of piperazine rings is 1. The molecule has 0 saturated carbocycles. The van der Waals surface area contributed by atoms with Crippen LogP contribution < -0.4 is 66.8 Å². The van der Waals surface area contributed by atoms with Gasteiger partial charge in [0.05, 0.1) is 120 Å². The summed E-state index contributed by atoms with van der Waals surface area (Å²) in [6.07, 6.45) is 19.9. The van der Waals surface area contributed by atoms with Crippen molar-refractivity contribution in [2.24, 2.45) is 0 Å². The number of anilines is 3. The molecule has 19 heterocycles. The number of benzene rings is 5. The molecule has 0 bridgehead atoms. The number of fused-ring (bicyclic) bond motifs is 9. The summed E-state index contributed by atoms with van der Waals surface area (Å²) in [6, 6.07) is 54.4. The van der Waals surface area contributed by atoms with Gasteiger partial charge in [-0.3, -0.25) is 50.9 Å². The van der Waals surface area contributed by atoms with Gasteiger partial charge in [0, 0.05) is 167 Å². The summed E-state index contributed by atoms with van der Waals surface area (Å²) >= 11 is 4.97. The lowest BCUT2D eigenvalue weighted by Gasteiger charge is -2.38. The second-order valence-electron chi connectivity index (χ2n) is 38.2. The number of aryl methyl sites for hydroxylation is 5. The van der Waals surface area contributed by atoms with E-state index < -0.39 is 0 Å². The van der Waals surface area contributed by atoms with Crippen LogP contribution in [0.5, 0.6) is 23.0 Å². The van der Waals surface area contributed by atoms with Crippen molar-refractivity contribution >= 4 is 116 Å². The summed E-state index contributed by atoms with van der Waals surface area (Å²) in [7, 11) is 12.8. The maximum atomic E-state index is 12.9. The summed E-state index contributed by atoms with van der Waals surface area (Å²) in [4.78, 5) is 119. The summed E-state index contributed by atoms with van der Waals surface area (Å²) in [6.45, 7) is 26.6. The van der Waals surface area contributed by atoms with E-state index in [0.717, 1.165) is 238 Å². The number of hydrogen-bond donors (Lipinski definition) is 1. The molecule has 6 aliphatic rings. The number of nitrogens with zero attached hydrogens (tertiary/aromatic N) is 20. The van der Waals surface area contributed by atoms with Gasteiger partial charge in [-0.15, -0.1) is 34.0 Å². The fourth-order valence-corrected chi connectivity index (χ4v) is 22.9. The second-order valence-corrected chi connectivity index (χ2v) is 41.9. The topological polar surface area (TPSA) is 282 Å². The molecule has 0 unspecified atom stereocenters. The molecule has 1 N–H and O–H groups in total. The summed E-state index contributed by atoms with van der Waals surface area (Å²) in [5.41, 5.74) is 22.7. The van der Waals surface area contributed by atoms with Gasteiger partial charge in [0.1, 0.15) is 28.2 Å². The SMILES string of the molecule is COc1ccc(-c2cc(=O)n3cc(C4=CCN(C)CC4)cc(C)c3n2)cc1OC.COc1ccc(-c2cc(=O)n3cc(C4CCN(C)CC4)cc(C)c3n2)cc1OC.Cc1nc2ccc(-c3cc(=O)n4cc(N5CCCN(C)CC5)ccc4n3)cc2s1.Cc1nc2ccc(-c3cc(=O)n4cc(N5CCCNCC5)ccc4n3)cc2s1.Cc1nc2ccc(-c3cc(=O)n4cc(N5CCN6CCC[C@H]6C5)ccc4n3)cc2s1. The van der Waals surface area contributed by atoms with Gasteiger partial charge in [0.15, 0.2) is 23.0 Å². The van der Waals surface area contributed by atoms with Gasteiger partial charge >= 0.3 is 0 Å². The van der Waals surface area contributed by atoms with Gasteiger partial charge in [0.2, 0.25) is 0 Å². The van der Waals surface area contributed by atoms with Crippen LogP contribution in [0.2, 0.25) is 0 Å². The first-order valence-electron chi connectivity index (χ1n) is 49.6.